The van der Waals surface area contributed by atoms with Crippen molar-refractivity contribution in [1.29, 1.82) is 0 Å². The predicted molar refractivity (Wildman–Crippen MR) is 104 cm³/mol. The van der Waals surface area contributed by atoms with E-state index in [0.29, 0.717) is 6.61 Å². The van der Waals surface area contributed by atoms with Gasteiger partial charge in [-0.15, -0.1) is 0 Å². The van der Waals surface area contributed by atoms with Gasteiger partial charge < -0.3 is 24.6 Å². The van der Waals surface area contributed by atoms with E-state index < -0.39 is 0 Å². The van der Waals surface area contributed by atoms with E-state index in [1.165, 1.54) is 0 Å². The molecule has 1 aromatic rings. The van der Waals surface area contributed by atoms with Crippen LogP contribution in [0.4, 0.5) is 5.82 Å². The summed E-state index contributed by atoms with van der Waals surface area (Å²) in [6.07, 6.45) is 4.37. The molecule has 0 amide bonds. The average Bonchev–Trinajstić information content (AvgIpc) is 3.20. The van der Waals surface area contributed by atoms with E-state index in [9.17, 15) is 0 Å². The first kappa shape index (κ1) is 18.9. The molecular formula is C19H31N5O2. The summed E-state index contributed by atoms with van der Waals surface area (Å²) < 4.78 is 11.0. The van der Waals surface area contributed by atoms with Gasteiger partial charge in [-0.1, -0.05) is 6.07 Å². The van der Waals surface area contributed by atoms with Crippen LogP contribution < -0.4 is 10.2 Å². The van der Waals surface area contributed by atoms with Crippen molar-refractivity contribution in [2.45, 2.75) is 31.9 Å². The highest BCUT2D eigenvalue weighted by Gasteiger charge is 2.22. The van der Waals surface area contributed by atoms with Crippen molar-refractivity contribution >= 4 is 11.8 Å². The Kier molecular flexibility index (Phi) is 7.08. The monoisotopic (exact) mass is 361 g/mol. The third-order valence-corrected chi connectivity index (χ3v) is 4.81. The highest BCUT2D eigenvalue weighted by molar-refractivity contribution is 5.80. The summed E-state index contributed by atoms with van der Waals surface area (Å²) in [5, 5.41) is 3.53. The van der Waals surface area contributed by atoms with Crippen molar-refractivity contribution in [1.82, 2.24) is 15.2 Å². The van der Waals surface area contributed by atoms with Crippen molar-refractivity contribution in [3.05, 3.63) is 24.4 Å². The molecule has 144 valence electrons. The lowest BCUT2D eigenvalue weighted by atomic mass is 10.2. The molecule has 2 atom stereocenters. The normalized spacial score (nSPS) is 22.5. The van der Waals surface area contributed by atoms with Gasteiger partial charge in [0.25, 0.3) is 0 Å². The second-order valence-electron chi connectivity index (χ2n) is 6.96. The zero-order valence-electron chi connectivity index (χ0n) is 15.9. The van der Waals surface area contributed by atoms with Crippen molar-refractivity contribution in [3.8, 4) is 0 Å². The molecule has 2 saturated heterocycles. The van der Waals surface area contributed by atoms with Crippen LogP contribution in [0.2, 0.25) is 0 Å². The number of nitrogens with one attached hydrogen (secondary N) is 1. The lowest BCUT2D eigenvalue weighted by Gasteiger charge is -2.38. The maximum atomic E-state index is 5.72. The van der Waals surface area contributed by atoms with Crippen molar-refractivity contribution in [2.24, 2.45) is 4.99 Å². The van der Waals surface area contributed by atoms with Crippen LogP contribution in [0.5, 0.6) is 0 Å². The van der Waals surface area contributed by atoms with E-state index in [2.05, 4.69) is 33.1 Å². The molecule has 0 radical (unpaired) electrons. The Balaban J connectivity index is 1.59. The number of nitrogens with zero attached hydrogens (tertiary/aromatic N) is 4. The van der Waals surface area contributed by atoms with Gasteiger partial charge in [0.15, 0.2) is 5.96 Å². The quantitative estimate of drug-likeness (QED) is 0.610. The molecular weight excluding hydrogens is 330 g/mol. The topological polar surface area (TPSA) is 62.2 Å². The molecule has 3 heterocycles. The van der Waals surface area contributed by atoms with Crippen LogP contribution in [-0.4, -0.2) is 81.0 Å². The number of methoxy groups -OCH3 is 1. The molecule has 1 N–H and O–H groups in total. The number of hydrogen-bond donors (Lipinski definition) is 1. The minimum atomic E-state index is 0.220. The van der Waals surface area contributed by atoms with Gasteiger partial charge in [0.05, 0.1) is 19.3 Å². The van der Waals surface area contributed by atoms with Crippen molar-refractivity contribution in [2.75, 3.05) is 57.9 Å². The highest BCUT2D eigenvalue weighted by Crippen LogP contribution is 2.14. The Bertz CT molecular complexity index is 554. The van der Waals surface area contributed by atoms with Gasteiger partial charge in [0.2, 0.25) is 0 Å². The van der Waals surface area contributed by atoms with Gasteiger partial charge in [-0.2, -0.15) is 0 Å². The Morgan fingerprint density at radius 3 is 2.88 bits per heavy atom. The number of anilines is 1. The maximum Gasteiger partial charge on any atom is 0.194 e. The van der Waals surface area contributed by atoms with Crippen LogP contribution in [0.3, 0.4) is 0 Å². The van der Waals surface area contributed by atoms with Crippen LogP contribution in [0, 0.1) is 0 Å². The summed E-state index contributed by atoms with van der Waals surface area (Å²) >= 11 is 0. The van der Waals surface area contributed by atoms with Crippen LogP contribution >= 0.6 is 0 Å². The number of aromatic nitrogens is 1. The molecule has 2 aliphatic rings. The lowest BCUT2D eigenvalue weighted by molar-refractivity contribution is 0.117. The number of guanidine groups is 1. The van der Waals surface area contributed by atoms with Gasteiger partial charge in [0.1, 0.15) is 5.82 Å². The first-order valence-corrected chi connectivity index (χ1v) is 9.58. The second kappa shape index (κ2) is 9.73. The third-order valence-electron chi connectivity index (χ3n) is 4.81. The summed E-state index contributed by atoms with van der Waals surface area (Å²) in [5.74, 6) is 2.01. The van der Waals surface area contributed by atoms with Gasteiger partial charge in [-0.3, -0.25) is 4.99 Å². The minimum Gasteiger partial charge on any atom is -0.383 e. The van der Waals surface area contributed by atoms with E-state index in [1.54, 1.807) is 7.11 Å². The molecule has 1 aromatic heterocycles. The fourth-order valence-electron chi connectivity index (χ4n) is 3.41. The summed E-state index contributed by atoms with van der Waals surface area (Å²) in [5.41, 5.74) is 0. The molecule has 7 heteroatoms. The smallest absolute Gasteiger partial charge is 0.194 e. The predicted octanol–water partition coefficient (Wildman–Crippen LogP) is 1.36. The van der Waals surface area contributed by atoms with Crippen LogP contribution in [0.15, 0.2) is 29.4 Å². The zero-order valence-corrected chi connectivity index (χ0v) is 15.9. The molecule has 0 spiro atoms. The van der Waals surface area contributed by atoms with Gasteiger partial charge in [0, 0.05) is 52.1 Å². The third kappa shape index (κ3) is 5.32. The fourth-order valence-corrected chi connectivity index (χ4v) is 3.41. The number of aliphatic imine (C=N–C) groups is 1. The average molecular weight is 361 g/mol. The summed E-state index contributed by atoms with van der Waals surface area (Å²) in [6.45, 7) is 8.10. The fraction of sp³-hybridized carbons (Fsp3) is 0.684. The van der Waals surface area contributed by atoms with E-state index in [4.69, 9.17) is 14.5 Å². The SMILES string of the molecule is COCC(C)NC(=NC[C@H]1CCCO1)N1CCN(c2ccccn2)CC1. The van der Waals surface area contributed by atoms with Gasteiger partial charge in [-0.25, -0.2) is 4.98 Å². The Morgan fingerprint density at radius 1 is 1.38 bits per heavy atom. The zero-order chi connectivity index (χ0) is 18.2. The van der Waals surface area contributed by atoms with E-state index in [0.717, 1.165) is 63.9 Å². The molecule has 0 bridgehead atoms. The summed E-state index contributed by atoms with van der Waals surface area (Å²) in [7, 11) is 1.73. The number of rotatable bonds is 6. The Labute approximate surface area is 156 Å². The van der Waals surface area contributed by atoms with Gasteiger partial charge in [-0.05, 0) is 31.9 Å². The molecule has 0 saturated carbocycles. The van der Waals surface area contributed by atoms with Crippen molar-refractivity contribution in [3.63, 3.8) is 0 Å². The standard InChI is InChI=1S/C19H31N5O2/c1-16(15-25-2)22-19(21-14-17-6-5-13-26-17)24-11-9-23(10-12-24)18-7-3-4-8-20-18/h3-4,7-8,16-17H,5-6,9-15H2,1-2H3,(H,21,22)/t16?,17-/m1/s1. The Morgan fingerprint density at radius 2 is 2.23 bits per heavy atom. The van der Waals surface area contributed by atoms with E-state index >= 15 is 0 Å². The first-order valence-electron chi connectivity index (χ1n) is 9.58. The van der Waals surface area contributed by atoms with Crippen molar-refractivity contribution < 1.29 is 9.47 Å². The van der Waals surface area contributed by atoms with E-state index in [1.807, 2.05) is 18.3 Å². The van der Waals surface area contributed by atoms with Crippen LogP contribution in [-0.2, 0) is 9.47 Å². The molecule has 0 aromatic carbocycles. The first-order chi connectivity index (χ1) is 12.8. The van der Waals surface area contributed by atoms with Gasteiger partial charge >= 0.3 is 0 Å². The number of ether oxygens (including phenoxy) is 2. The summed E-state index contributed by atoms with van der Waals surface area (Å²) in [4.78, 5) is 14.0. The van der Waals surface area contributed by atoms with Crippen LogP contribution in [0.25, 0.3) is 0 Å². The Hall–Kier alpha value is -1.86. The molecule has 7 nitrogen and oxygen atoms in total. The molecule has 26 heavy (non-hydrogen) atoms. The molecule has 2 fully saturated rings. The summed E-state index contributed by atoms with van der Waals surface area (Å²) in [6, 6.07) is 6.28. The minimum absolute atomic E-state index is 0.220. The van der Waals surface area contributed by atoms with E-state index in [-0.39, 0.29) is 12.1 Å². The number of pyridine rings is 1. The molecule has 1 unspecified atom stereocenters. The largest absolute Gasteiger partial charge is 0.383 e. The number of hydrogen-bond acceptors (Lipinski definition) is 5. The molecule has 3 rings (SSSR count). The maximum absolute atomic E-state index is 5.72. The molecule has 2 aliphatic heterocycles. The lowest BCUT2D eigenvalue weighted by Crippen LogP contribution is -2.54. The molecule has 0 aliphatic carbocycles. The second-order valence-corrected chi connectivity index (χ2v) is 6.96. The number of piperazine rings is 1. The van der Waals surface area contributed by atoms with Crippen LogP contribution in [0.1, 0.15) is 19.8 Å². The highest BCUT2D eigenvalue weighted by atomic mass is 16.5.